The van der Waals surface area contributed by atoms with Gasteiger partial charge in [0.15, 0.2) is 0 Å². The zero-order chi connectivity index (χ0) is 23.1. The Morgan fingerprint density at radius 1 is 1.00 bits per heavy atom. The molecule has 0 bridgehead atoms. The zero-order valence-corrected chi connectivity index (χ0v) is 18.8. The number of primary amides is 1. The Hall–Kier alpha value is -3.38. The van der Waals surface area contributed by atoms with E-state index in [1.165, 1.54) is 42.4 Å². The lowest BCUT2D eigenvalue weighted by molar-refractivity contribution is 0.0456. The minimum Gasteiger partial charge on any atom is -0.399 e. The number of hydrogen-bond acceptors (Lipinski definition) is 5. The van der Waals surface area contributed by atoms with Gasteiger partial charge in [-0.05, 0) is 67.1 Å². The molecule has 32 heavy (non-hydrogen) atoms. The highest BCUT2D eigenvalue weighted by molar-refractivity contribution is 5.98. The predicted molar refractivity (Wildman–Crippen MR) is 130 cm³/mol. The number of nitrogens with zero attached hydrogens (tertiary/aromatic N) is 1. The Kier molecular flexibility index (Phi) is 7.84. The number of nitrogen functional groups attached to an aromatic ring is 2. The second-order valence-corrected chi connectivity index (χ2v) is 8.28. The molecule has 6 nitrogen and oxygen atoms in total. The number of carbonyl (C=O) groups is 1. The maximum atomic E-state index is 11.1. The fourth-order valence-electron chi connectivity index (χ4n) is 3.71. The lowest BCUT2D eigenvalue weighted by Gasteiger charge is -2.11. The number of pyridine rings is 1. The van der Waals surface area contributed by atoms with Crippen molar-refractivity contribution in [3.05, 3.63) is 77.0 Å². The number of amides is 1. The van der Waals surface area contributed by atoms with E-state index in [0.29, 0.717) is 11.8 Å². The molecule has 1 saturated carbocycles. The van der Waals surface area contributed by atoms with Gasteiger partial charge in [0.05, 0.1) is 18.3 Å². The molecule has 3 aromatic rings. The highest BCUT2D eigenvalue weighted by Crippen LogP contribution is 2.24. The van der Waals surface area contributed by atoms with Crippen LogP contribution >= 0.6 is 0 Å². The molecular formula is C26H32N4O2. The number of ether oxygens (including phenoxy) is 1. The SMILES string of the molecule is Cc1ccc(COC2CCCC2)cc1C.NC(=O)c1cc(-c2cccc(N)c2)cnc1N. The van der Waals surface area contributed by atoms with Crippen molar-refractivity contribution in [2.24, 2.45) is 5.73 Å². The minimum atomic E-state index is -0.597. The summed E-state index contributed by atoms with van der Waals surface area (Å²) in [5.41, 5.74) is 23.0. The van der Waals surface area contributed by atoms with Crippen molar-refractivity contribution in [3.63, 3.8) is 0 Å². The molecule has 0 saturated heterocycles. The van der Waals surface area contributed by atoms with Gasteiger partial charge in [0.2, 0.25) is 0 Å². The number of rotatable bonds is 5. The normalized spacial score (nSPS) is 13.4. The summed E-state index contributed by atoms with van der Waals surface area (Å²) in [4.78, 5) is 15.1. The average molecular weight is 433 g/mol. The Morgan fingerprint density at radius 2 is 1.75 bits per heavy atom. The van der Waals surface area contributed by atoms with E-state index in [9.17, 15) is 4.79 Å². The van der Waals surface area contributed by atoms with Crippen LogP contribution < -0.4 is 17.2 Å². The first-order valence-corrected chi connectivity index (χ1v) is 10.9. The number of hydrogen-bond donors (Lipinski definition) is 3. The van der Waals surface area contributed by atoms with Crippen molar-refractivity contribution >= 4 is 17.4 Å². The number of aromatic nitrogens is 1. The topological polar surface area (TPSA) is 117 Å². The van der Waals surface area contributed by atoms with Gasteiger partial charge in [0.1, 0.15) is 5.82 Å². The van der Waals surface area contributed by atoms with Gasteiger partial charge in [-0.25, -0.2) is 4.98 Å². The average Bonchev–Trinajstić information content (AvgIpc) is 3.29. The third-order valence-corrected chi connectivity index (χ3v) is 5.76. The van der Waals surface area contributed by atoms with E-state index in [-0.39, 0.29) is 11.4 Å². The summed E-state index contributed by atoms with van der Waals surface area (Å²) in [5, 5.41) is 0. The van der Waals surface area contributed by atoms with Crippen LogP contribution in [0.15, 0.2) is 54.7 Å². The summed E-state index contributed by atoms with van der Waals surface area (Å²) in [6.45, 7) is 5.09. The van der Waals surface area contributed by atoms with Gasteiger partial charge in [-0.1, -0.05) is 43.2 Å². The zero-order valence-electron chi connectivity index (χ0n) is 18.8. The highest BCUT2D eigenvalue weighted by Gasteiger charge is 2.15. The van der Waals surface area contributed by atoms with Crippen molar-refractivity contribution in [3.8, 4) is 11.1 Å². The van der Waals surface area contributed by atoms with Gasteiger partial charge < -0.3 is 21.9 Å². The van der Waals surface area contributed by atoms with Crippen molar-refractivity contribution in [2.45, 2.75) is 52.2 Å². The number of benzene rings is 2. The summed E-state index contributed by atoms with van der Waals surface area (Å²) in [5.74, 6) is -0.467. The first kappa shape index (κ1) is 23.3. The molecule has 1 heterocycles. The number of carbonyl (C=O) groups excluding carboxylic acids is 1. The van der Waals surface area contributed by atoms with Crippen LogP contribution in [0.25, 0.3) is 11.1 Å². The standard InChI is InChI=1S/C14H20O.C12H12N4O/c1-11-7-8-13(9-12(11)2)10-15-14-5-3-4-6-14;13-9-3-1-2-7(4-9)8-5-10(12(15)17)11(14)16-6-8/h7-9,14H,3-6,10H2,1-2H3;1-6H,13H2,(H2,14,16)(H2,15,17). The van der Waals surface area contributed by atoms with Gasteiger partial charge in [-0.3, -0.25) is 4.79 Å². The van der Waals surface area contributed by atoms with E-state index >= 15 is 0 Å². The van der Waals surface area contributed by atoms with Crippen LogP contribution in [0.5, 0.6) is 0 Å². The molecule has 168 valence electrons. The molecule has 1 amide bonds. The Labute approximate surface area is 189 Å². The van der Waals surface area contributed by atoms with E-state index in [1.54, 1.807) is 24.4 Å². The van der Waals surface area contributed by atoms with Crippen LogP contribution in [0, 0.1) is 13.8 Å². The van der Waals surface area contributed by atoms with Crippen molar-refractivity contribution in [1.82, 2.24) is 4.98 Å². The molecule has 2 aromatic carbocycles. The fourth-order valence-corrected chi connectivity index (χ4v) is 3.71. The third-order valence-electron chi connectivity index (χ3n) is 5.76. The third kappa shape index (κ3) is 6.31. The number of aryl methyl sites for hydroxylation is 2. The van der Waals surface area contributed by atoms with Crippen molar-refractivity contribution < 1.29 is 9.53 Å². The lowest BCUT2D eigenvalue weighted by atomic mass is 10.0. The molecule has 6 heteroatoms. The molecule has 1 aliphatic carbocycles. The van der Waals surface area contributed by atoms with Crippen LogP contribution in [0.4, 0.5) is 11.5 Å². The number of anilines is 2. The monoisotopic (exact) mass is 432 g/mol. The summed E-state index contributed by atoms with van der Waals surface area (Å²) in [6, 6.07) is 15.5. The molecule has 0 unspecified atom stereocenters. The smallest absolute Gasteiger partial charge is 0.252 e. The van der Waals surface area contributed by atoms with E-state index < -0.39 is 5.91 Å². The second-order valence-electron chi connectivity index (χ2n) is 8.28. The fraction of sp³-hybridized carbons (Fsp3) is 0.308. The summed E-state index contributed by atoms with van der Waals surface area (Å²) in [7, 11) is 0. The van der Waals surface area contributed by atoms with E-state index in [2.05, 4.69) is 37.0 Å². The maximum Gasteiger partial charge on any atom is 0.252 e. The van der Waals surface area contributed by atoms with Gasteiger partial charge in [0.25, 0.3) is 5.91 Å². The Balaban J connectivity index is 0.000000182. The van der Waals surface area contributed by atoms with Gasteiger partial charge in [0, 0.05) is 17.4 Å². The minimum absolute atomic E-state index is 0.130. The van der Waals surface area contributed by atoms with Crippen LogP contribution in [-0.2, 0) is 11.3 Å². The molecule has 1 aliphatic rings. The molecular weight excluding hydrogens is 400 g/mol. The summed E-state index contributed by atoms with van der Waals surface area (Å²) < 4.78 is 5.88. The predicted octanol–water partition coefficient (Wildman–Crippen LogP) is 4.77. The first-order chi connectivity index (χ1) is 15.3. The largest absolute Gasteiger partial charge is 0.399 e. The molecule has 0 spiro atoms. The number of nitrogens with two attached hydrogens (primary N) is 3. The highest BCUT2D eigenvalue weighted by atomic mass is 16.5. The van der Waals surface area contributed by atoms with Crippen molar-refractivity contribution in [1.29, 1.82) is 0 Å². The molecule has 0 aliphatic heterocycles. The van der Waals surface area contributed by atoms with Gasteiger partial charge >= 0.3 is 0 Å². The maximum absolute atomic E-state index is 11.1. The van der Waals surface area contributed by atoms with E-state index in [4.69, 9.17) is 21.9 Å². The van der Waals surface area contributed by atoms with Crippen LogP contribution in [0.2, 0.25) is 0 Å². The lowest BCUT2D eigenvalue weighted by Crippen LogP contribution is -2.14. The molecule has 0 atom stereocenters. The molecule has 4 rings (SSSR count). The molecule has 0 radical (unpaired) electrons. The van der Waals surface area contributed by atoms with E-state index in [0.717, 1.165) is 17.7 Å². The quantitative estimate of drug-likeness (QED) is 0.502. The van der Waals surface area contributed by atoms with Gasteiger partial charge in [-0.2, -0.15) is 0 Å². The Morgan fingerprint density at radius 3 is 2.41 bits per heavy atom. The van der Waals surface area contributed by atoms with Crippen LogP contribution in [0.1, 0.15) is 52.7 Å². The first-order valence-electron chi connectivity index (χ1n) is 10.9. The van der Waals surface area contributed by atoms with E-state index in [1.807, 2.05) is 12.1 Å². The molecule has 1 fully saturated rings. The van der Waals surface area contributed by atoms with Crippen molar-refractivity contribution in [2.75, 3.05) is 11.5 Å². The summed E-state index contributed by atoms with van der Waals surface area (Å²) in [6.07, 6.45) is 7.30. The van der Waals surface area contributed by atoms with Gasteiger partial charge in [-0.15, -0.1) is 0 Å². The second kappa shape index (κ2) is 10.8. The van der Waals surface area contributed by atoms with Crippen LogP contribution in [0.3, 0.4) is 0 Å². The molecule has 6 N–H and O–H groups in total. The summed E-state index contributed by atoms with van der Waals surface area (Å²) >= 11 is 0. The molecule has 1 aromatic heterocycles. The Bertz CT molecular complexity index is 1080. The van der Waals surface area contributed by atoms with Crippen LogP contribution in [-0.4, -0.2) is 17.0 Å².